The van der Waals surface area contributed by atoms with E-state index in [2.05, 4.69) is 44.8 Å². The van der Waals surface area contributed by atoms with Gasteiger partial charge in [0.15, 0.2) is 0 Å². The number of rotatable bonds is 11. The second kappa shape index (κ2) is 10.8. The van der Waals surface area contributed by atoms with E-state index in [1.807, 2.05) is 0 Å². The van der Waals surface area contributed by atoms with Gasteiger partial charge in [0.2, 0.25) is 0 Å². The zero-order valence-corrected chi connectivity index (χ0v) is 13.3. The van der Waals surface area contributed by atoms with Crippen LogP contribution in [0.3, 0.4) is 0 Å². The SMILES string of the molecule is CCC(CC)N(CCOC)C(C)CCNC(C)C. The highest BCUT2D eigenvalue weighted by Gasteiger charge is 2.20. The largest absolute Gasteiger partial charge is 0.383 e. The lowest BCUT2D eigenvalue weighted by Gasteiger charge is -2.36. The maximum absolute atomic E-state index is 5.25. The topological polar surface area (TPSA) is 24.5 Å². The van der Waals surface area contributed by atoms with Crippen molar-refractivity contribution in [2.24, 2.45) is 0 Å². The van der Waals surface area contributed by atoms with E-state index in [4.69, 9.17) is 4.74 Å². The quantitative estimate of drug-likeness (QED) is 0.617. The van der Waals surface area contributed by atoms with Crippen LogP contribution in [0, 0.1) is 0 Å². The highest BCUT2D eigenvalue weighted by Crippen LogP contribution is 2.14. The van der Waals surface area contributed by atoms with Crippen LogP contribution in [-0.4, -0.2) is 49.8 Å². The molecule has 0 aliphatic rings. The van der Waals surface area contributed by atoms with Crippen LogP contribution >= 0.6 is 0 Å². The highest BCUT2D eigenvalue weighted by atomic mass is 16.5. The summed E-state index contributed by atoms with van der Waals surface area (Å²) in [6.07, 6.45) is 3.66. The molecule has 0 bridgehead atoms. The van der Waals surface area contributed by atoms with Gasteiger partial charge in [0.25, 0.3) is 0 Å². The standard InChI is InChI=1S/C15H34N2O/c1-7-15(8-2)17(11-12-18-6)14(5)9-10-16-13(3)4/h13-16H,7-12H2,1-6H3. The molecule has 1 atom stereocenters. The van der Waals surface area contributed by atoms with Gasteiger partial charge in [-0.2, -0.15) is 0 Å². The molecule has 0 fully saturated rings. The molecule has 110 valence electrons. The minimum absolute atomic E-state index is 0.581. The van der Waals surface area contributed by atoms with Crippen molar-refractivity contribution < 1.29 is 4.74 Å². The van der Waals surface area contributed by atoms with Crippen LogP contribution < -0.4 is 5.32 Å². The molecular formula is C15H34N2O. The smallest absolute Gasteiger partial charge is 0.0589 e. The minimum atomic E-state index is 0.581. The maximum Gasteiger partial charge on any atom is 0.0589 e. The Morgan fingerprint density at radius 3 is 2.17 bits per heavy atom. The number of hydrogen-bond donors (Lipinski definition) is 1. The van der Waals surface area contributed by atoms with E-state index in [-0.39, 0.29) is 0 Å². The van der Waals surface area contributed by atoms with Gasteiger partial charge in [0, 0.05) is 31.8 Å². The number of nitrogens with zero attached hydrogens (tertiary/aromatic N) is 1. The van der Waals surface area contributed by atoms with E-state index in [0.29, 0.717) is 18.1 Å². The fourth-order valence-electron chi connectivity index (χ4n) is 2.46. The summed E-state index contributed by atoms with van der Waals surface area (Å²) < 4.78 is 5.25. The molecule has 0 aromatic carbocycles. The van der Waals surface area contributed by atoms with Crippen molar-refractivity contribution in [1.82, 2.24) is 10.2 Å². The van der Waals surface area contributed by atoms with Crippen molar-refractivity contribution >= 4 is 0 Å². The molecule has 1 unspecified atom stereocenters. The van der Waals surface area contributed by atoms with Gasteiger partial charge in [-0.3, -0.25) is 4.90 Å². The van der Waals surface area contributed by atoms with Crippen molar-refractivity contribution in [3.63, 3.8) is 0 Å². The van der Waals surface area contributed by atoms with Gasteiger partial charge in [0.1, 0.15) is 0 Å². The zero-order chi connectivity index (χ0) is 14.0. The summed E-state index contributed by atoms with van der Waals surface area (Å²) in [6.45, 7) is 14.3. The second-order valence-corrected chi connectivity index (χ2v) is 5.45. The number of hydrogen-bond acceptors (Lipinski definition) is 3. The lowest BCUT2D eigenvalue weighted by molar-refractivity contribution is 0.0821. The molecule has 1 N–H and O–H groups in total. The van der Waals surface area contributed by atoms with Crippen LogP contribution in [0.5, 0.6) is 0 Å². The summed E-state index contributed by atoms with van der Waals surface area (Å²) >= 11 is 0. The van der Waals surface area contributed by atoms with Gasteiger partial charge < -0.3 is 10.1 Å². The van der Waals surface area contributed by atoms with Gasteiger partial charge in [-0.05, 0) is 32.7 Å². The monoisotopic (exact) mass is 258 g/mol. The number of ether oxygens (including phenoxy) is 1. The van der Waals surface area contributed by atoms with Crippen molar-refractivity contribution in [3.8, 4) is 0 Å². The van der Waals surface area contributed by atoms with Gasteiger partial charge in [-0.1, -0.05) is 27.7 Å². The van der Waals surface area contributed by atoms with Crippen molar-refractivity contribution in [2.45, 2.75) is 72.0 Å². The van der Waals surface area contributed by atoms with E-state index < -0.39 is 0 Å². The van der Waals surface area contributed by atoms with E-state index >= 15 is 0 Å². The Labute approximate surface area is 114 Å². The fourth-order valence-corrected chi connectivity index (χ4v) is 2.46. The van der Waals surface area contributed by atoms with E-state index in [9.17, 15) is 0 Å². The van der Waals surface area contributed by atoms with E-state index in [0.717, 1.165) is 19.7 Å². The first-order chi connectivity index (χ1) is 8.56. The van der Waals surface area contributed by atoms with Crippen LogP contribution in [0.4, 0.5) is 0 Å². The molecule has 0 saturated carbocycles. The Morgan fingerprint density at radius 1 is 1.11 bits per heavy atom. The molecule has 0 heterocycles. The average molecular weight is 258 g/mol. The first kappa shape index (κ1) is 17.9. The predicted molar refractivity (Wildman–Crippen MR) is 80.2 cm³/mol. The molecule has 0 aliphatic carbocycles. The molecule has 0 amide bonds. The normalized spacial score (nSPS) is 13.8. The first-order valence-electron chi connectivity index (χ1n) is 7.54. The highest BCUT2D eigenvalue weighted by molar-refractivity contribution is 4.76. The van der Waals surface area contributed by atoms with Crippen molar-refractivity contribution in [2.75, 3.05) is 26.8 Å². The summed E-state index contributed by atoms with van der Waals surface area (Å²) in [5.41, 5.74) is 0. The second-order valence-electron chi connectivity index (χ2n) is 5.45. The summed E-state index contributed by atoms with van der Waals surface area (Å²) in [6, 6.07) is 1.89. The summed E-state index contributed by atoms with van der Waals surface area (Å²) in [5.74, 6) is 0. The van der Waals surface area contributed by atoms with E-state index in [1.165, 1.54) is 19.3 Å². The molecule has 0 rings (SSSR count). The number of methoxy groups -OCH3 is 1. The molecule has 0 saturated heterocycles. The Kier molecular flexibility index (Phi) is 10.7. The van der Waals surface area contributed by atoms with E-state index in [1.54, 1.807) is 7.11 Å². The van der Waals surface area contributed by atoms with Gasteiger partial charge in [-0.25, -0.2) is 0 Å². The molecule has 3 heteroatoms. The van der Waals surface area contributed by atoms with Gasteiger partial charge >= 0.3 is 0 Å². The molecule has 0 aromatic heterocycles. The Balaban J connectivity index is 4.24. The summed E-state index contributed by atoms with van der Waals surface area (Å²) in [7, 11) is 1.79. The molecule has 0 spiro atoms. The zero-order valence-electron chi connectivity index (χ0n) is 13.3. The third-order valence-corrected chi connectivity index (χ3v) is 3.65. The van der Waals surface area contributed by atoms with Gasteiger partial charge in [-0.15, -0.1) is 0 Å². The summed E-state index contributed by atoms with van der Waals surface area (Å²) in [5, 5.41) is 3.50. The molecule has 0 aliphatic heterocycles. The van der Waals surface area contributed by atoms with Crippen LogP contribution in [0.25, 0.3) is 0 Å². The molecule has 0 radical (unpaired) electrons. The van der Waals surface area contributed by atoms with Gasteiger partial charge in [0.05, 0.1) is 6.61 Å². The van der Waals surface area contributed by atoms with Crippen LogP contribution in [0.15, 0.2) is 0 Å². The average Bonchev–Trinajstić information content (AvgIpc) is 2.33. The van der Waals surface area contributed by atoms with Crippen molar-refractivity contribution in [3.05, 3.63) is 0 Å². The first-order valence-corrected chi connectivity index (χ1v) is 7.54. The molecule has 3 nitrogen and oxygen atoms in total. The lowest BCUT2D eigenvalue weighted by Crippen LogP contribution is -2.44. The minimum Gasteiger partial charge on any atom is -0.383 e. The fraction of sp³-hybridized carbons (Fsp3) is 1.00. The maximum atomic E-state index is 5.25. The molecular weight excluding hydrogens is 224 g/mol. The predicted octanol–water partition coefficient (Wildman–Crippen LogP) is 2.90. The molecule has 18 heavy (non-hydrogen) atoms. The lowest BCUT2D eigenvalue weighted by atomic mass is 10.1. The van der Waals surface area contributed by atoms with Crippen LogP contribution in [0.2, 0.25) is 0 Å². The summed E-state index contributed by atoms with van der Waals surface area (Å²) in [4.78, 5) is 2.62. The van der Waals surface area contributed by atoms with Crippen LogP contribution in [-0.2, 0) is 4.74 Å². The Bertz CT molecular complexity index is 181. The van der Waals surface area contributed by atoms with Crippen LogP contribution in [0.1, 0.15) is 53.9 Å². The number of nitrogens with one attached hydrogen (secondary N) is 1. The van der Waals surface area contributed by atoms with Crippen molar-refractivity contribution in [1.29, 1.82) is 0 Å². The Hall–Kier alpha value is -0.120. The third kappa shape index (κ3) is 7.34. The Morgan fingerprint density at radius 2 is 1.72 bits per heavy atom. The molecule has 0 aromatic rings. The third-order valence-electron chi connectivity index (χ3n) is 3.65.